The third kappa shape index (κ3) is 5.34. The van der Waals surface area contributed by atoms with Crippen molar-refractivity contribution in [3.05, 3.63) is 28.8 Å². The van der Waals surface area contributed by atoms with Crippen LogP contribution in [0.3, 0.4) is 0 Å². The molecule has 0 saturated carbocycles. The molecule has 0 aliphatic carbocycles. The van der Waals surface area contributed by atoms with Crippen LogP contribution in [0.5, 0.6) is 0 Å². The van der Waals surface area contributed by atoms with E-state index in [4.69, 9.17) is 29.6 Å². The minimum absolute atomic E-state index is 0.0106. The van der Waals surface area contributed by atoms with Gasteiger partial charge in [0.25, 0.3) is 0 Å². The zero-order valence-electron chi connectivity index (χ0n) is 11.0. The molecule has 0 heterocycles. The molecule has 1 aromatic rings. The molecule has 19 heavy (non-hydrogen) atoms. The Hall–Kier alpha value is -0.850. The van der Waals surface area contributed by atoms with Crippen LogP contribution in [0.2, 0.25) is 5.02 Å². The third-order valence-electron chi connectivity index (χ3n) is 2.14. The van der Waals surface area contributed by atoms with Crippen LogP contribution in [0.15, 0.2) is 18.2 Å². The number of nitrogens with one attached hydrogen (secondary N) is 1. The Kier molecular flexibility index (Phi) is 4.81. The number of thiocarbonyl (C=S) groups is 1. The molecule has 3 N–H and O–H groups in total. The fourth-order valence-electron chi connectivity index (χ4n) is 1.59. The lowest BCUT2D eigenvalue weighted by atomic mass is 10.0. The van der Waals surface area contributed by atoms with Crippen LogP contribution in [0, 0.1) is 5.41 Å². The molecule has 0 fully saturated rings. The summed E-state index contributed by atoms with van der Waals surface area (Å²) in [5, 5.41) is 0.411. The van der Waals surface area contributed by atoms with E-state index in [9.17, 15) is 8.42 Å². The molecule has 0 radical (unpaired) electrons. The van der Waals surface area contributed by atoms with Gasteiger partial charge in [-0.2, -0.15) is 0 Å². The van der Waals surface area contributed by atoms with Gasteiger partial charge in [-0.1, -0.05) is 44.6 Å². The summed E-state index contributed by atoms with van der Waals surface area (Å²) in [4.78, 5) is 0.116. The van der Waals surface area contributed by atoms with Crippen LogP contribution < -0.4 is 10.5 Å². The van der Waals surface area contributed by atoms with Crippen molar-refractivity contribution < 1.29 is 8.42 Å². The normalized spacial score (nSPS) is 12.2. The van der Waals surface area contributed by atoms with Gasteiger partial charge in [0.2, 0.25) is 10.0 Å². The summed E-state index contributed by atoms with van der Waals surface area (Å²) >= 11 is 10.8. The molecule has 0 unspecified atom stereocenters. The molecule has 4 nitrogen and oxygen atoms in total. The molecule has 0 aliphatic heterocycles. The lowest BCUT2D eigenvalue weighted by Crippen LogP contribution is -2.27. The van der Waals surface area contributed by atoms with E-state index in [1.165, 1.54) is 6.07 Å². The molecule has 0 bridgehead atoms. The average Bonchev–Trinajstić information content (AvgIpc) is 2.11. The highest BCUT2D eigenvalue weighted by Crippen LogP contribution is 2.24. The molecule has 0 saturated heterocycles. The summed E-state index contributed by atoms with van der Waals surface area (Å²) in [6, 6.07) is 4.70. The van der Waals surface area contributed by atoms with E-state index < -0.39 is 10.0 Å². The van der Waals surface area contributed by atoms with Crippen LogP contribution in [-0.2, 0) is 10.0 Å². The summed E-state index contributed by atoms with van der Waals surface area (Å²) in [7, 11) is -3.49. The van der Waals surface area contributed by atoms with E-state index >= 15 is 0 Å². The van der Waals surface area contributed by atoms with Gasteiger partial charge >= 0.3 is 0 Å². The van der Waals surface area contributed by atoms with E-state index in [-0.39, 0.29) is 16.2 Å². The van der Waals surface area contributed by atoms with Crippen molar-refractivity contribution in [2.45, 2.75) is 20.8 Å². The zero-order valence-corrected chi connectivity index (χ0v) is 13.4. The third-order valence-corrected chi connectivity index (χ3v) is 4.37. The topological polar surface area (TPSA) is 72.2 Å². The Morgan fingerprint density at radius 3 is 2.47 bits per heavy atom. The van der Waals surface area contributed by atoms with Crippen molar-refractivity contribution in [3.63, 3.8) is 0 Å². The zero-order chi connectivity index (χ0) is 14.8. The summed E-state index contributed by atoms with van der Waals surface area (Å²) in [5.41, 5.74) is 5.98. The number of sulfonamides is 1. The number of rotatable bonds is 4. The van der Waals surface area contributed by atoms with Gasteiger partial charge in [-0.25, -0.2) is 8.42 Å². The maximum absolute atomic E-state index is 12.1. The molecule has 0 atom stereocenters. The standard InChI is InChI=1S/C12H17ClN2O2S2/c1-12(2,3)7-19(16,17)15-10-6-8(13)4-5-9(10)11(14)18/h4-6,15H,7H2,1-3H3,(H2,14,18). The highest BCUT2D eigenvalue weighted by atomic mass is 35.5. The number of anilines is 1. The van der Waals surface area contributed by atoms with E-state index in [1.807, 2.05) is 20.8 Å². The summed E-state index contributed by atoms with van der Waals surface area (Å²) < 4.78 is 26.6. The number of halogens is 1. The predicted molar refractivity (Wildman–Crippen MR) is 84.2 cm³/mol. The number of hydrogen-bond acceptors (Lipinski definition) is 3. The van der Waals surface area contributed by atoms with Gasteiger partial charge in [0.15, 0.2) is 0 Å². The first-order valence-corrected chi connectivity index (χ1v) is 8.04. The van der Waals surface area contributed by atoms with E-state index in [1.54, 1.807) is 12.1 Å². The highest BCUT2D eigenvalue weighted by molar-refractivity contribution is 7.92. The monoisotopic (exact) mass is 320 g/mol. The van der Waals surface area contributed by atoms with Crippen LogP contribution in [-0.4, -0.2) is 19.2 Å². The van der Waals surface area contributed by atoms with Gasteiger partial charge in [0.1, 0.15) is 4.99 Å². The average molecular weight is 321 g/mol. The largest absolute Gasteiger partial charge is 0.389 e. The Balaban J connectivity index is 3.12. The van der Waals surface area contributed by atoms with Crippen LogP contribution in [0.4, 0.5) is 5.69 Å². The minimum atomic E-state index is -3.49. The van der Waals surface area contributed by atoms with E-state index in [0.29, 0.717) is 16.3 Å². The van der Waals surface area contributed by atoms with E-state index in [2.05, 4.69) is 4.72 Å². The number of nitrogens with two attached hydrogens (primary N) is 1. The second kappa shape index (κ2) is 5.64. The van der Waals surface area contributed by atoms with Gasteiger partial charge in [-0.3, -0.25) is 4.72 Å². The Bertz CT molecular complexity index is 592. The lowest BCUT2D eigenvalue weighted by molar-refractivity contribution is 0.463. The van der Waals surface area contributed by atoms with Crippen LogP contribution in [0.25, 0.3) is 0 Å². The van der Waals surface area contributed by atoms with Crippen molar-refractivity contribution in [2.75, 3.05) is 10.5 Å². The SMILES string of the molecule is CC(C)(C)CS(=O)(=O)Nc1cc(Cl)ccc1C(N)=S. The first-order chi connectivity index (χ1) is 8.50. The fraction of sp³-hybridized carbons (Fsp3) is 0.417. The molecule has 1 rings (SSSR count). The maximum atomic E-state index is 12.1. The summed E-state index contributed by atoms with van der Waals surface area (Å²) in [6.07, 6.45) is 0. The Labute approximate surface area is 124 Å². The molecule has 7 heteroatoms. The Morgan fingerprint density at radius 1 is 1.42 bits per heavy atom. The molecule has 106 valence electrons. The molecule has 0 spiro atoms. The minimum Gasteiger partial charge on any atom is -0.389 e. The summed E-state index contributed by atoms with van der Waals surface area (Å²) in [6.45, 7) is 5.54. The molecule has 0 aliphatic rings. The first-order valence-electron chi connectivity index (χ1n) is 5.60. The number of hydrogen-bond donors (Lipinski definition) is 2. The maximum Gasteiger partial charge on any atom is 0.233 e. The molecule has 0 aromatic heterocycles. The molecular formula is C12H17ClN2O2S2. The quantitative estimate of drug-likeness (QED) is 0.837. The second-order valence-corrected chi connectivity index (χ2v) is 8.07. The molecule has 0 amide bonds. The van der Waals surface area contributed by atoms with Gasteiger partial charge in [0.05, 0.1) is 11.4 Å². The van der Waals surface area contributed by atoms with Crippen molar-refractivity contribution >= 4 is 44.5 Å². The predicted octanol–water partition coefficient (Wildman–Crippen LogP) is 2.76. The number of benzene rings is 1. The van der Waals surface area contributed by atoms with Gasteiger partial charge in [-0.15, -0.1) is 0 Å². The van der Waals surface area contributed by atoms with Crippen LogP contribution in [0.1, 0.15) is 26.3 Å². The van der Waals surface area contributed by atoms with E-state index in [0.717, 1.165) is 0 Å². The van der Waals surface area contributed by atoms with Gasteiger partial charge < -0.3 is 5.73 Å². The van der Waals surface area contributed by atoms with Gasteiger partial charge in [0, 0.05) is 10.6 Å². The smallest absolute Gasteiger partial charge is 0.233 e. The molecular weight excluding hydrogens is 304 g/mol. The Morgan fingerprint density at radius 2 is 2.00 bits per heavy atom. The van der Waals surface area contributed by atoms with Crippen LogP contribution >= 0.6 is 23.8 Å². The molecule has 1 aromatic carbocycles. The first kappa shape index (κ1) is 16.2. The lowest BCUT2D eigenvalue weighted by Gasteiger charge is -2.19. The van der Waals surface area contributed by atoms with Crippen molar-refractivity contribution in [1.82, 2.24) is 0 Å². The van der Waals surface area contributed by atoms with Crippen molar-refractivity contribution in [2.24, 2.45) is 11.1 Å². The highest BCUT2D eigenvalue weighted by Gasteiger charge is 2.22. The summed E-state index contributed by atoms with van der Waals surface area (Å²) in [5.74, 6) is -0.0106. The van der Waals surface area contributed by atoms with Crippen molar-refractivity contribution in [1.29, 1.82) is 0 Å². The fourth-order valence-corrected chi connectivity index (χ4v) is 3.66. The second-order valence-electron chi connectivity index (χ2n) is 5.48. The van der Waals surface area contributed by atoms with Crippen molar-refractivity contribution in [3.8, 4) is 0 Å². The van der Waals surface area contributed by atoms with Gasteiger partial charge in [-0.05, 0) is 23.6 Å².